The lowest BCUT2D eigenvalue weighted by atomic mass is 9.90. The average molecular weight is 390 g/mol. The Morgan fingerprint density at radius 1 is 1.14 bits per heavy atom. The Labute approximate surface area is 170 Å². The first-order valence-corrected chi connectivity index (χ1v) is 9.86. The first kappa shape index (κ1) is 19.2. The number of nitrogens with one attached hydrogen (secondary N) is 2. The molecule has 0 bridgehead atoms. The van der Waals surface area contributed by atoms with Gasteiger partial charge in [-0.2, -0.15) is 5.10 Å². The molecule has 1 fully saturated rings. The summed E-state index contributed by atoms with van der Waals surface area (Å²) in [6.07, 6.45) is 3.83. The molecule has 2 heterocycles. The Bertz CT molecular complexity index is 1010. The number of nitrogens with zero attached hydrogens (tertiary/aromatic N) is 2. The molecule has 1 saturated heterocycles. The van der Waals surface area contributed by atoms with Crippen LogP contribution in [0, 0.1) is 19.8 Å². The third kappa shape index (κ3) is 4.03. The van der Waals surface area contributed by atoms with Crippen molar-refractivity contribution in [1.82, 2.24) is 15.1 Å². The molecule has 0 radical (unpaired) electrons. The van der Waals surface area contributed by atoms with E-state index < -0.39 is 0 Å². The Hall–Kier alpha value is -3.12. The zero-order valence-corrected chi connectivity index (χ0v) is 17.0. The van der Waals surface area contributed by atoms with Crippen molar-refractivity contribution in [3.05, 3.63) is 71.5 Å². The van der Waals surface area contributed by atoms with Gasteiger partial charge in [-0.1, -0.05) is 30.3 Å². The Balaban J connectivity index is 1.54. The molecule has 150 valence electrons. The zero-order chi connectivity index (χ0) is 20.4. The van der Waals surface area contributed by atoms with Gasteiger partial charge in [0.05, 0.1) is 17.8 Å². The van der Waals surface area contributed by atoms with E-state index in [1.54, 1.807) is 4.68 Å². The highest BCUT2D eigenvalue weighted by molar-refractivity contribution is 5.95. The van der Waals surface area contributed by atoms with E-state index in [4.69, 9.17) is 4.74 Å². The summed E-state index contributed by atoms with van der Waals surface area (Å²) >= 11 is 0. The van der Waals surface area contributed by atoms with Crippen molar-refractivity contribution in [2.45, 2.75) is 19.8 Å². The number of hydrogen-bond acceptors (Lipinski definition) is 4. The van der Waals surface area contributed by atoms with Crippen molar-refractivity contribution >= 4 is 11.6 Å². The van der Waals surface area contributed by atoms with Gasteiger partial charge >= 0.3 is 0 Å². The number of amides is 1. The van der Waals surface area contributed by atoms with Gasteiger partial charge in [-0.3, -0.25) is 9.48 Å². The molecule has 1 aliphatic heterocycles. The van der Waals surface area contributed by atoms with E-state index in [1.165, 1.54) is 0 Å². The largest absolute Gasteiger partial charge is 0.455 e. The maximum Gasteiger partial charge on any atom is 0.229 e. The Morgan fingerprint density at radius 2 is 1.90 bits per heavy atom. The SMILES string of the molecule is Cc1cccc(C)c1Oc1ccccc1NC(=O)[C@H]1CNC[C@@H]1c1cnn(C)c1. The fourth-order valence-corrected chi connectivity index (χ4v) is 3.89. The summed E-state index contributed by atoms with van der Waals surface area (Å²) in [6, 6.07) is 13.6. The molecule has 2 aromatic carbocycles. The van der Waals surface area contributed by atoms with Crippen molar-refractivity contribution in [2.24, 2.45) is 13.0 Å². The van der Waals surface area contributed by atoms with Crippen LogP contribution in [0.4, 0.5) is 5.69 Å². The van der Waals surface area contributed by atoms with E-state index >= 15 is 0 Å². The number of aromatic nitrogens is 2. The molecule has 1 aromatic heterocycles. The van der Waals surface area contributed by atoms with Crippen LogP contribution in [0.3, 0.4) is 0 Å². The van der Waals surface area contributed by atoms with E-state index in [2.05, 4.69) is 15.7 Å². The number of hydrogen-bond donors (Lipinski definition) is 2. The maximum atomic E-state index is 13.1. The number of aryl methyl sites for hydroxylation is 3. The fourth-order valence-electron chi connectivity index (χ4n) is 3.89. The lowest BCUT2D eigenvalue weighted by Crippen LogP contribution is -2.28. The number of benzene rings is 2. The Kier molecular flexibility index (Phi) is 5.36. The van der Waals surface area contributed by atoms with Crippen molar-refractivity contribution in [2.75, 3.05) is 18.4 Å². The molecule has 1 amide bonds. The van der Waals surface area contributed by atoms with Gasteiger partial charge in [-0.25, -0.2) is 0 Å². The topological polar surface area (TPSA) is 68.2 Å². The lowest BCUT2D eigenvalue weighted by molar-refractivity contribution is -0.119. The summed E-state index contributed by atoms with van der Waals surface area (Å²) in [6.45, 7) is 5.45. The minimum absolute atomic E-state index is 0.0126. The van der Waals surface area contributed by atoms with Crippen molar-refractivity contribution in [3.63, 3.8) is 0 Å². The van der Waals surface area contributed by atoms with Gasteiger partial charge in [0.1, 0.15) is 5.75 Å². The minimum Gasteiger partial charge on any atom is -0.455 e. The van der Waals surface area contributed by atoms with Crippen LogP contribution in [-0.4, -0.2) is 28.8 Å². The molecular formula is C23H26N4O2. The summed E-state index contributed by atoms with van der Waals surface area (Å²) in [4.78, 5) is 13.1. The van der Waals surface area contributed by atoms with Crippen LogP contribution >= 0.6 is 0 Å². The van der Waals surface area contributed by atoms with Crippen LogP contribution < -0.4 is 15.4 Å². The number of anilines is 1. The van der Waals surface area contributed by atoms with Crippen molar-refractivity contribution < 1.29 is 9.53 Å². The molecule has 6 nitrogen and oxygen atoms in total. The second kappa shape index (κ2) is 8.09. The number of rotatable bonds is 5. The molecule has 2 atom stereocenters. The van der Waals surface area contributed by atoms with Crippen LogP contribution in [0.2, 0.25) is 0 Å². The first-order valence-electron chi connectivity index (χ1n) is 9.86. The number of carbonyl (C=O) groups excluding carboxylic acids is 1. The van der Waals surface area contributed by atoms with E-state index in [-0.39, 0.29) is 17.7 Å². The number of para-hydroxylation sites is 3. The molecule has 0 unspecified atom stereocenters. The highest BCUT2D eigenvalue weighted by Gasteiger charge is 2.35. The van der Waals surface area contributed by atoms with Gasteiger partial charge in [-0.05, 0) is 42.7 Å². The minimum atomic E-state index is -0.160. The molecule has 0 aliphatic carbocycles. The monoisotopic (exact) mass is 390 g/mol. The van der Waals surface area contributed by atoms with E-state index in [1.807, 2.05) is 75.8 Å². The second-order valence-electron chi connectivity index (χ2n) is 7.63. The lowest BCUT2D eigenvalue weighted by Gasteiger charge is -2.19. The quantitative estimate of drug-likeness (QED) is 0.696. The molecule has 0 spiro atoms. The fraction of sp³-hybridized carbons (Fsp3) is 0.304. The standard InChI is InChI=1S/C23H26N4O2/c1-15-7-6-8-16(2)22(15)29-21-10-5-4-9-20(21)26-23(28)19-13-24-12-18(19)17-11-25-27(3)14-17/h4-11,14,18-19,24H,12-13H2,1-3H3,(H,26,28)/t18-,19+/m1/s1. The number of carbonyl (C=O) groups is 1. The first-order chi connectivity index (χ1) is 14.0. The van der Waals surface area contributed by atoms with E-state index in [9.17, 15) is 4.79 Å². The van der Waals surface area contributed by atoms with Crippen LogP contribution in [0.15, 0.2) is 54.9 Å². The molecule has 29 heavy (non-hydrogen) atoms. The molecule has 6 heteroatoms. The number of ether oxygens (including phenoxy) is 1. The van der Waals surface area contributed by atoms with Crippen LogP contribution in [-0.2, 0) is 11.8 Å². The smallest absolute Gasteiger partial charge is 0.229 e. The summed E-state index contributed by atoms with van der Waals surface area (Å²) in [5.41, 5.74) is 3.88. The van der Waals surface area contributed by atoms with Crippen LogP contribution in [0.5, 0.6) is 11.5 Å². The molecule has 2 N–H and O–H groups in total. The molecule has 0 saturated carbocycles. The molecule has 1 aliphatic rings. The van der Waals surface area contributed by atoms with Crippen LogP contribution in [0.25, 0.3) is 0 Å². The highest BCUT2D eigenvalue weighted by atomic mass is 16.5. The van der Waals surface area contributed by atoms with Gasteiger partial charge in [0.2, 0.25) is 5.91 Å². The highest BCUT2D eigenvalue weighted by Crippen LogP contribution is 2.35. The molecular weight excluding hydrogens is 364 g/mol. The second-order valence-corrected chi connectivity index (χ2v) is 7.63. The molecule has 4 rings (SSSR count). The van der Waals surface area contributed by atoms with Gasteiger partial charge in [0, 0.05) is 32.3 Å². The van der Waals surface area contributed by atoms with Gasteiger partial charge in [-0.15, -0.1) is 0 Å². The Morgan fingerprint density at radius 3 is 2.62 bits per heavy atom. The van der Waals surface area contributed by atoms with Gasteiger partial charge < -0.3 is 15.4 Å². The van der Waals surface area contributed by atoms with Gasteiger partial charge in [0.15, 0.2) is 5.75 Å². The van der Waals surface area contributed by atoms with Crippen molar-refractivity contribution in [3.8, 4) is 11.5 Å². The summed E-state index contributed by atoms with van der Waals surface area (Å²) in [5, 5.41) is 10.7. The third-order valence-corrected chi connectivity index (χ3v) is 5.47. The van der Waals surface area contributed by atoms with Crippen molar-refractivity contribution in [1.29, 1.82) is 0 Å². The van der Waals surface area contributed by atoms with Crippen LogP contribution in [0.1, 0.15) is 22.6 Å². The van der Waals surface area contributed by atoms with E-state index in [0.717, 1.165) is 29.0 Å². The zero-order valence-electron chi connectivity index (χ0n) is 17.0. The van der Waals surface area contributed by atoms with E-state index in [0.29, 0.717) is 18.0 Å². The average Bonchev–Trinajstić information content (AvgIpc) is 3.35. The summed E-state index contributed by atoms with van der Waals surface area (Å²) in [5.74, 6) is 1.40. The maximum absolute atomic E-state index is 13.1. The summed E-state index contributed by atoms with van der Waals surface area (Å²) < 4.78 is 7.98. The van der Waals surface area contributed by atoms with Gasteiger partial charge in [0.25, 0.3) is 0 Å². The predicted molar refractivity (Wildman–Crippen MR) is 113 cm³/mol. The third-order valence-electron chi connectivity index (χ3n) is 5.47. The predicted octanol–water partition coefficient (Wildman–Crippen LogP) is 3.77. The molecule has 3 aromatic rings. The normalized spacial score (nSPS) is 18.6. The summed E-state index contributed by atoms with van der Waals surface area (Å²) in [7, 11) is 1.89.